The molecule has 1 unspecified atom stereocenters. The standard InChI is InChI=1S/C20H23ClN8O2S/c1-11(2)17-25-18(31-27-17)28-6-4-13(5-7-28)12(3)30-20-26-29-10-15(24-19(29)32-20)14-8-23-16(21)9-22-14/h8-13H,4-7H2,1-3H3. The number of nitrogens with zero attached hydrogens (tertiary/aromatic N) is 8. The van der Waals surface area contributed by atoms with Gasteiger partial charge in [-0.3, -0.25) is 0 Å². The first kappa shape index (κ1) is 21.1. The van der Waals surface area contributed by atoms with Crippen molar-refractivity contribution >= 4 is 33.9 Å². The summed E-state index contributed by atoms with van der Waals surface area (Å²) in [5, 5.41) is 9.54. The Kier molecular flexibility index (Phi) is 5.68. The van der Waals surface area contributed by atoms with E-state index in [1.54, 1.807) is 10.7 Å². The fourth-order valence-electron chi connectivity index (χ4n) is 3.70. The van der Waals surface area contributed by atoms with Gasteiger partial charge in [-0.15, -0.1) is 5.10 Å². The van der Waals surface area contributed by atoms with Crippen LogP contribution in [0, 0.1) is 5.92 Å². The number of fused-ring (bicyclic) bond motifs is 1. The van der Waals surface area contributed by atoms with Crippen LogP contribution in [0.15, 0.2) is 23.1 Å². The van der Waals surface area contributed by atoms with E-state index in [0.29, 0.717) is 33.7 Å². The second-order valence-electron chi connectivity index (χ2n) is 8.18. The summed E-state index contributed by atoms with van der Waals surface area (Å²) in [5.74, 6) is 1.43. The summed E-state index contributed by atoms with van der Waals surface area (Å²) in [7, 11) is 0. The summed E-state index contributed by atoms with van der Waals surface area (Å²) in [6.45, 7) is 7.95. The van der Waals surface area contributed by atoms with Crippen molar-refractivity contribution in [3.05, 3.63) is 29.6 Å². The van der Waals surface area contributed by atoms with Gasteiger partial charge in [0.1, 0.15) is 22.6 Å². The lowest BCUT2D eigenvalue weighted by Crippen LogP contribution is -2.38. The molecule has 1 fully saturated rings. The molecule has 168 valence electrons. The predicted molar refractivity (Wildman–Crippen MR) is 120 cm³/mol. The average molecular weight is 475 g/mol. The molecule has 1 atom stereocenters. The van der Waals surface area contributed by atoms with Gasteiger partial charge in [0.2, 0.25) is 4.96 Å². The van der Waals surface area contributed by atoms with Gasteiger partial charge >= 0.3 is 6.01 Å². The number of imidazole rings is 1. The van der Waals surface area contributed by atoms with E-state index in [4.69, 9.17) is 20.9 Å². The lowest BCUT2D eigenvalue weighted by molar-refractivity contribution is 0.130. The molecule has 0 aromatic carbocycles. The predicted octanol–water partition coefficient (Wildman–Crippen LogP) is 4.09. The zero-order valence-electron chi connectivity index (χ0n) is 18.0. The molecule has 0 N–H and O–H groups in total. The highest BCUT2D eigenvalue weighted by molar-refractivity contribution is 7.18. The molecule has 5 heterocycles. The number of aromatic nitrogens is 7. The first-order chi connectivity index (χ1) is 15.5. The summed E-state index contributed by atoms with van der Waals surface area (Å²) in [6, 6.07) is 0.614. The number of hydrogen-bond acceptors (Lipinski definition) is 10. The maximum Gasteiger partial charge on any atom is 0.324 e. The summed E-state index contributed by atoms with van der Waals surface area (Å²) in [4.78, 5) is 20.3. The van der Waals surface area contributed by atoms with Crippen LogP contribution in [0.25, 0.3) is 16.3 Å². The van der Waals surface area contributed by atoms with Gasteiger partial charge in [0.15, 0.2) is 5.82 Å². The molecule has 4 aromatic rings. The maximum absolute atomic E-state index is 6.17. The summed E-state index contributed by atoms with van der Waals surface area (Å²) >= 11 is 7.21. The third-order valence-corrected chi connectivity index (χ3v) is 6.62. The highest BCUT2D eigenvalue weighted by atomic mass is 35.5. The number of hydrogen-bond donors (Lipinski definition) is 0. The Balaban J connectivity index is 1.19. The van der Waals surface area contributed by atoms with E-state index in [9.17, 15) is 0 Å². The Labute approximate surface area is 193 Å². The Morgan fingerprint density at radius 1 is 1.12 bits per heavy atom. The van der Waals surface area contributed by atoms with Crippen LogP contribution in [0.5, 0.6) is 5.19 Å². The van der Waals surface area contributed by atoms with Crippen LogP contribution in [0.3, 0.4) is 0 Å². The van der Waals surface area contributed by atoms with Gasteiger partial charge in [-0.25, -0.2) is 19.5 Å². The molecule has 0 aliphatic carbocycles. The van der Waals surface area contributed by atoms with Crippen LogP contribution in [0.4, 0.5) is 6.01 Å². The first-order valence-electron chi connectivity index (χ1n) is 10.6. The maximum atomic E-state index is 6.17. The number of rotatable bonds is 6. The molecule has 0 amide bonds. The Morgan fingerprint density at radius 2 is 1.94 bits per heavy atom. The number of anilines is 1. The molecular weight excluding hydrogens is 452 g/mol. The molecule has 1 aliphatic rings. The van der Waals surface area contributed by atoms with Gasteiger partial charge in [-0.05, 0) is 37.0 Å². The molecular formula is C20H23ClN8O2S. The van der Waals surface area contributed by atoms with Crippen molar-refractivity contribution < 1.29 is 9.26 Å². The third-order valence-electron chi connectivity index (χ3n) is 5.62. The third kappa shape index (κ3) is 4.26. The Bertz CT molecular complexity index is 1160. The topological polar surface area (TPSA) is 107 Å². The zero-order chi connectivity index (χ0) is 22.2. The molecule has 0 saturated carbocycles. The smallest absolute Gasteiger partial charge is 0.324 e. The molecule has 0 radical (unpaired) electrons. The second kappa shape index (κ2) is 8.62. The number of halogens is 1. The number of ether oxygens (including phenoxy) is 1. The zero-order valence-corrected chi connectivity index (χ0v) is 19.5. The van der Waals surface area contributed by atoms with Crippen molar-refractivity contribution in [1.82, 2.24) is 34.7 Å². The van der Waals surface area contributed by atoms with Crippen molar-refractivity contribution in [2.75, 3.05) is 18.0 Å². The molecule has 0 bridgehead atoms. The summed E-state index contributed by atoms with van der Waals surface area (Å²) in [5.41, 5.74) is 1.35. The lowest BCUT2D eigenvalue weighted by atomic mass is 9.92. The van der Waals surface area contributed by atoms with Crippen LogP contribution in [-0.4, -0.2) is 53.9 Å². The molecule has 12 heteroatoms. The van der Waals surface area contributed by atoms with Gasteiger partial charge in [-0.1, -0.05) is 30.6 Å². The van der Waals surface area contributed by atoms with Gasteiger partial charge in [-0.2, -0.15) is 4.98 Å². The lowest BCUT2D eigenvalue weighted by Gasteiger charge is -2.33. The van der Waals surface area contributed by atoms with Gasteiger partial charge in [0, 0.05) is 19.0 Å². The summed E-state index contributed by atoms with van der Waals surface area (Å²) < 4.78 is 13.3. The largest absolute Gasteiger partial charge is 0.466 e. The SMILES string of the molecule is CC(C)c1noc(N2CCC(C(C)Oc3nn4cc(-c5cnc(Cl)cn5)nc4s3)CC2)n1. The first-order valence-corrected chi connectivity index (χ1v) is 11.7. The highest BCUT2D eigenvalue weighted by Gasteiger charge is 2.28. The minimum absolute atomic E-state index is 0.0449. The molecule has 10 nitrogen and oxygen atoms in total. The highest BCUT2D eigenvalue weighted by Crippen LogP contribution is 2.30. The quantitative estimate of drug-likeness (QED) is 0.408. The van der Waals surface area contributed by atoms with Crippen LogP contribution in [-0.2, 0) is 0 Å². The minimum atomic E-state index is 0.0449. The fourth-order valence-corrected chi connectivity index (χ4v) is 4.62. The van der Waals surface area contributed by atoms with E-state index in [1.807, 2.05) is 6.20 Å². The number of piperidine rings is 1. The fraction of sp³-hybridized carbons (Fsp3) is 0.500. The van der Waals surface area contributed by atoms with Gasteiger partial charge < -0.3 is 14.2 Å². The average Bonchev–Trinajstić information content (AvgIpc) is 3.49. The molecule has 5 rings (SSSR count). The Morgan fingerprint density at radius 3 is 2.59 bits per heavy atom. The van der Waals surface area contributed by atoms with Gasteiger partial charge in [0.25, 0.3) is 5.19 Å². The van der Waals surface area contributed by atoms with Crippen LogP contribution in [0.1, 0.15) is 45.4 Å². The van der Waals surface area contributed by atoms with E-state index in [-0.39, 0.29) is 12.0 Å². The monoisotopic (exact) mass is 474 g/mol. The van der Waals surface area contributed by atoms with Crippen LogP contribution < -0.4 is 9.64 Å². The summed E-state index contributed by atoms with van der Waals surface area (Å²) in [6.07, 6.45) is 6.93. The normalized spacial score (nSPS) is 16.2. The van der Waals surface area contributed by atoms with Crippen molar-refractivity contribution in [2.45, 2.75) is 45.6 Å². The van der Waals surface area contributed by atoms with Crippen LogP contribution in [0.2, 0.25) is 5.15 Å². The van der Waals surface area contributed by atoms with Gasteiger partial charge in [0.05, 0.1) is 18.6 Å². The van der Waals surface area contributed by atoms with Crippen molar-refractivity contribution in [1.29, 1.82) is 0 Å². The van der Waals surface area contributed by atoms with E-state index >= 15 is 0 Å². The van der Waals surface area contributed by atoms with E-state index in [2.05, 4.69) is 55.9 Å². The van der Waals surface area contributed by atoms with E-state index < -0.39 is 0 Å². The molecule has 0 spiro atoms. The molecule has 4 aromatic heterocycles. The molecule has 1 saturated heterocycles. The van der Waals surface area contributed by atoms with Crippen molar-refractivity contribution in [3.63, 3.8) is 0 Å². The molecule has 1 aliphatic heterocycles. The van der Waals surface area contributed by atoms with Crippen LogP contribution >= 0.6 is 22.9 Å². The van der Waals surface area contributed by atoms with Crippen molar-refractivity contribution in [2.24, 2.45) is 5.92 Å². The Hall–Kier alpha value is -2.79. The van der Waals surface area contributed by atoms with E-state index in [1.165, 1.54) is 17.5 Å². The second-order valence-corrected chi connectivity index (χ2v) is 9.49. The molecule has 32 heavy (non-hydrogen) atoms. The van der Waals surface area contributed by atoms with E-state index in [0.717, 1.165) is 36.7 Å². The van der Waals surface area contributed by atoms with Crippen molar-refractivity contribution in [3.8, 4) is 16.6 Å². The minimum Gasteiger partial charge on any atom is -0.466 e.